The molecule has 0 amide bonds. The molecule has 1 rings (SSSR count). The zero-order chi connectivity index (χ0) is 4.41. The topological polar surface area (TPSA) is 23.9 Å². The molecule has 0 aromatic rings. The quantitative estimate of drug-likeness (QED) is 0.459. The molecule has 0 aromatic carbocycles. The summed E-state index contributed by atoms with van der Waals surface area (Å²) in [5.74, 6) is 0. The molecule has 1 fully saturated rings. The van der Waals surface area contributed by atoms with E-state index in [-0.39, 0.29) is 0 Å². The molecule has 0 bridgehead atoms. The highest BCUT2D eigenvalue weighted by Gasteiger charge is 2.03. The third-order valence-electron chi connectivity index (χ3n) is 1.21. The molecule has 1 aliphatic rings. The van der Waals surface area contributed by atoms with Crippen LogP contribution in [0.5, 0.6) is 0 Å². The lowest BCUT2D eigenvalue weighted by Gasteiger charge is -1.77. The van der Waals surface area contributed by atoms with Gasteiger partial charge in [0.15, 0.2) is 0 Å². The monoisotopic (exact) mass is 83.1 g/mol. The minimum Gasteiger partial charge on any atom is -0.310 e. The van der Waals surface area contributed by atoms with Gasteiger partial charge < -0.3 is 5.41 Å². The van der Waals surface area contributed by atoms with Gasteiger partial charge in [-0.25, -0.2) is 0 Å². The first kappa shape index (κ1) is 3.85. The van der Waals surface area contributed by atoms with Gasteiger partial charge in [-0.3, -0.25) is 0 Å². The molecule has 0 heterocycles. The predicted octanol–water partition coefficient (Wildman–Crippen LogP) is 1.58. The minimum atomic E-state index is 0.954. The van der Waals surface area contributed by atoms with Crippen LogP contribution in [0.3, 0.4) is 0 Å². The van der Waals surface area contributed by atoms with Gasteiger partial charge in [0.1, 0.15) is 0 Å². The highest BCUT2D eigenvalue weighted by atomic mass is 14.4. The van der Waals surface area contributed by atoms with Gasteiger partial charge >= 0.3 is 0 Å². The maximum atomic E-state index is 7.05. The molecule has 6 heavy (non-hydrogen) atoms. The van der Waals surface area contributed by atoms with Crippen molar-refractivity contribution >= 4 is 5.71 Å². The predicted molar refractivity (Wildman–Crippen MR) is 26.2 cm³/mol. The van der Waals surface area contributed by atoms with E-state index in [4.69, 9.17) is 5.41 Å². The Morgan fingerprint density at radius 2 is 1.67 bits per heavy atom. The molecule has 0 radical (unpaired) electrons. The Morgan fingerprint density at radius 3 is 1.83 bits per heavy atom. The Labute approximate surface area is 37.9 Å². The van der Waals surface area contributed by atoms with Crippen molar-refractivity contribution in [1.29, 1.82) is 5.41 Å². The lowest BCUT2D eigenvalue weighted by Crippen LogP contribution is -1.79. The van der Waals surface area contributed by atoms with Gasteiger partial charge in [-0.2, -0.15) is 0 Å². The highest BCUT2D eigenvalue weighted by molar-refractivity contribution is 5.82. The SMILES string of the molecule is N=C1CCCC1. The van der Waals surface area contributed by atoms with E-state index in [1.54, 1.807) is 0 Å². The molecule has 0 saturated heterocycles. The first-order valence-electron chi connectivity index (χ1n) is 2.46. The Morgan fingerprint density at radius 1 is 1.17 bits per heavy atom. The fourth-order valence-corrected chi connectivity index (χ4v) is 0.802. The summed E-state index contributed by atoms with van der Waals surface area (Å²) in [6.07, 6.45) is 4.66. The first-order valence-corrected chi connectivity index (χ1v) is 2.46. The molecule has 0 aliphatic heterocycles. The van der Waals surface area contributed by atoms with E-state index in [2.05, 4.69) is 0 Å². The molecule has 1 nitrogen and oxygen atoms in total. The van der Waals surface area contributed by atoms with Crippen molar-refractivity contribution in [3.63, 3.8) is 0 Å². The fraction of sp³-hybridized carbons (Fsp3) is 0.800. The van der Waals surface area contributed by atoms with Crippen LogP contribution in [0.15, 0.2) is 0 Å². The van der Waals surface area contributed by atoms with E-state index >= 15 is 0 Å². The van der Waals surface area contributed by atoms with Gasteiger partial charge in [0, 0.05) is 5.71 Å². The van der Waals surface area contributed by atoms with E-state index < -0.39 is 0 Å². The largest absolute Gasteiger partial charge is 0.310 e. The third-order valence-corrected chi connectivity index (χ3v) is 1.21. The molecule has 0 spiro atoms. The zero-order valence-corrected chi connectivity index (χ0v) is 3.83. The summed E-state index contributed by atoms with van der Waals surface area (Å²) in [5, 5.41) is 7.05. The second-order valence-corrected chi connectivity index (χ2v) is 1.81. The van der Waals surface area contributed by atoms with E-state index in [0.29, 0.717) is 0 Å². The third kappa shape index (κ3) is 0.588. The van der Waals surface area contributed by atoms with Gasteiger partial charge in [-0.15, -0.1) is 0 Å². The van der Waals surface area contributed by atoms with Crippen molar-refractivity contribution in [2.75, 3.05) is 0 Å². The number of rotatable bonds is 0. The van der Waals surface area contributed by atoms with Crippen molar-refractivity contribution < 1.29 is 0 Å². The summed E-state index contributed by atoms with van der Waals surface area (Å²) >= 11 is 0. The standard InChI is InChI=1S/C5H9N/c6-5-3-1-2-4-5/h6H,1-4H2. The van der Waals surface area contributed by atoms with Crippen molar-refractivity contribution in [3.8, 4) is 0 Å². The average molecular weight is 83.1 g/mol. The van der Waals surface area contributed by atoms with Crippen LogP contribution < -0.4 is 0 Å². The Bertz CT molecular complexity index is 58.3. The van der Waals surface area contributed by atoms with E-state index in [1.807, 2.05) is 0 Å². The molecule has 0 unspecified atom stereocenters. The summed E-state index contributed by atoms with van der Waals surface area (Å²) in [5.41, 5.74) is 0.954. The maximum absolute atomic E-state index is 7.05. The van der Waals surface area contributed by atoms with Crippen LogP contribution in [0, 0.1) is 5.41 Å². The summed E-state index contributed by atoms with van der Waals surface area (Å²) in [6.45, 7) is 0. The lowest BCUT2D eigenvalue weighted by molar-refractivity contribution is 0.886. The Kier molecular flexibility index (Phi) is 0.906. The van der Waals surface area contributed by atoms with Crippen LogP contribution in [0.25, 0.3) is 0 Å². The van der Waals surface area contributed by atoms with Crippen LogP contribution in [0.4, 0.5) is 0 Å². The molecule has 0 aromatic heterocycles. The highest BCUT2D eigenvalue weighted by Crippen LogP contribution is 2.11. The first-order chi connectivity index (χ1) is 2.89. The number of nitrogens with one attached hydrogen (secondary N) is 1. The molecule has 1 N–H and O–H groups in total. The van der Waals surface area contributed by atoms with Gasteiger partial charge in [0.2, 0.25) is 0 Å². The molecular weight excluding hydrogens is 74.1 g/mol. The zero-order valence-electron chi connectivity index (χ0n) is 3.83. The normalized spacial score (nSPS) is 22.3. The van der Waals surface area contributed by atoms with Crippen molar-refractivity contribution in [1.82, 2.24) is 0 Å². The lowest BCUT2D eigenvalue weighted by atomic mass is 10.3. The smallest absolute Gasteiger partial charge is 0.00891 e. The van der Waals surface area contributed by atoms with Crippen LogP contribution in [0.2, 0.25) is 0 Å². The second-order valence-electron chi connectivity index (χ2n) is 1.81. The number of hydrogen-bond acceptors (Lipinski definition) is 1. The van der Waals surface area contributed by atoms with Crippen molar-refractivity contribution in [3.05, 3.63) is 0 Å². The van der Waals surface area contributed by atoms with Crippen molar-refractivity contribution in [2.45, 2.75) is 25.7 Å². The maximum Gasteiger partial charge on any atom is 0.00891 e. The van der Waals surface area contributed by atoms with Crippen LogP contribution in [0.1, 0.15) is 25.7 Å². The molecule has 1 saturated carbocycles. The molecule has 1 heteroatoms. The summed E-state index contributed by atoms with van der Waals surface area (Å²) < 4.78 is 0. The van der Waals surface area contributed by atoms with Crippen LogP contribution in [-0.2, 0) is 0 Å². The van der Waals surface area contributed by atoms with Crippen LogP contribution >= 0.6 is 0 Å². The van der Waals surface area contributed by atoms with Gasteiger partial charge in [0.05, 0.1) is 0 Å². The Hall–Kier alpha value is -0.330. The molecule has 34 valence electrons. The summed E-state index contributed by atoms with van der Waals surface area (Å²) in [4.78, 5) is 0. The minimum absolute atomic E-state index is 0.954. The van der Waals surface area contributed by atoms with Crippen molar-refractivity contribution in [2.24, 2.45) is 0 Å². The number of hydrogen-bond donors (Lipinski definition) is 1. The van der Waals surface area contributed by atoms with Gasteiger partial charge in [-0.1, -0.05) is 0 Å². The Balaban J connectivity index is 2.37. The van der Waals surface area contributed by atoms with E-state index in [0.717, 1.165) is 18.6 Å². The van der Waals surface area contributed by atoms with E-state index in [1.165, 1.54) is 12.8 Å². The van der Waals surface area contributed by atoms with Crippen LogP contribution in [-0.4, -0.2) is 5.71 Å². The summed E-state index contributed by atoms with van der Waals surface area (Å²) in [6, 6.07) is 0. The molecular formula is C5H9N. The van der Waals surface area contributed by atoms with Gasteiger partial charge in [-0.05, 0) is 25.7 Å². The summed E-state index contributed by atoms with van der Waals surface area (Å²) in [7, 11) is 0. The molecule has 1 aliphatic carbocycles. The molecule has 0 atom stereocenters. The van der Waals surface area contributed by atoms with Gasteiger partial charge in [0.25, 0.3) is 0 Å². The average Bonchev–Trinajstić information content (AvgIpc) is 1.86. The second kappa shape index (κ2) is 1.41. The van der Waals surface area contributed by atoms with E-state index in [9.17, 15) is 0 Å². The fourth-order valence-electron chi connectivity index (χ4n) is 0.802.